The number of para-hydroxylation sites is 1. The molecule has 1 aliphatic rings. The number of carbonyl (C=O) groups is 2. The van der Waals surface area contributed by atoms with Crippen molar-refractivity contribution in [2.24, 2.45) is 0 Å². The van der Waals surface area contributed by atoms with Crippen molar-refractivity contribution >= 4 is 34.9 Å². The van der Waals surface area contributed by atoms with Gasteiger partial charge < -0.3 is 24.8 Å². The lowest BCUT2D eigenvalue weighted by Crippen LogP contribution is -2.33. The Morgan fingerprint density at radius 1 is 1.00 bits per heavy atom. The number of amides is 1. The van der Waals surface area contributed by atoms with Crippen molar-refractivity contribution in [3.8, 4) is 5.69 Å². The largest absolute Gasteiger partial charge is 0.465 e. The molecule has 192 valence electrons. The summed E-state index contributed by atoms with van der Waals surface area (Å²) in [5.74, 6) is -0.474. The van der Waals surface area contributed by atoms with E-state index in [2.05, 4.69) is 20.2 Å². The molecule has 38 heavy (non-hydrogen) atoms. The first kappa shape index (κ1) is 25.2. The summed E-state index contributed by atoms with van der Waals surface area (Å²) in [7, 11) is 1.36. The second-order valence-electron chi connectivity index (χ2n) is 8.83. The van der Waals surface area contributed by atoms with E-state index in [9.17, 15) is 9.59 Å². The minimum absolute atomic E-state index is 0.0900. The third kappa shape index (κ3) is 5.28. The first-order valence-electron chi connectivity index (χ1n) is 12.2. The van der Waals surface area contributed by atoms with E-state index in [0.717, 1.165) is 22.8 Å². The van der Waals surface area contributed by atoms with Gasteiger partial charge >= 0.3 is 5.97 Å². The number of carbonyl (C=O) groups excluding carboxylic acids is 2. The average molecular weight is 526 g/mol. The van der Waals surface area contributed by atoms with Crippen LogP contribution in [-0.2, 0) is 9.53 Å². The predicted molar refractivity (Wildman–Crippen MR) is 149 cm³/mol. The first-order chi connectivity index (χ1) is 18.5. The van der Waals surface area contributed by atoms with Crippen molar-refractivity contribution in [1.82, 2.24) is 19.8 Å². The summed E-state index contributed by atoms with van der Waals surface area (Å²) in [5, 5.41) is 6.94. The van der Waals surface area contributed by atoms with Crippen LogP contribution in [-0.4, -0.2) is 45.1 Å². The number of pyridine rings is 1. The number of thiocarbonyl (C=S) groups is 1. The maximum Gasteiger partial charge on any atom is 0.337 e. The van der Waals surface area contributed by atoms with E-state index in [1.807, 2.05) is 83.9 Å². The van der Waals surface area contributed by atoms with Crippen LogP contribution in [0.5, 0.6) is 0 Å². The number of esters is 1. The summed E-state index contributed by atoms with van der Waals surface area (Å²) >= 11 is 5.76. The molecular formula is C29H27N5O3S. The average Bonchev–Trinajstić information content (AvgIpc) is 3.56. The summed E-state index contributed by atoms with van der Waals surface area (Å²) in [4.78, 5) is 31.3. The van der Waals surface area contributed by atoms with E-state index < -0.39 is 0 Å². The van der Waals surface area contributed by atoms with Gasteiger partial charge in [0, 0.05) is 42.4 Å². The molecule has 3 heterocycles. The lowest BCUT2D eigenvalue weighted by Gasteiger charge is -2.29. The number of methoxy groups -OCH3 is 1. The highest BCUT2D eigenvalue weighted by molar-refractivity contribution is 7.80. The molecule has 1 fully saturated rings. The Morgan fingerprint density at radius 2 is 1.76 bits per heavy atom. The van der Waals surface area contributed by atoms with Gasteiger partial charge in [0.25, 0.3) is 0 Å². The van der Waals surface area contributed by atoms with E-state index in [0.29, 0.717) is 17.2 Å². The Bertz CT molecular complexity index is 1420. The molecule has 2 atom stereocenters. The van der Waals surface area contributed by atoms with Gasteiger partial charge in [-0.05, 0) is 72.9 Å². The maximum atomic E-state index is 12.8. The van der Waals surface area contributed by atoms with Gasteiger partial charge in [-0.15, -0.1) is 0 Å². The number of rotatable bonds is 8. The second kappa shape index (κ2) is 11.3. The molecule has 0 unspecified atom stereocenters. The molecule has 1 saturated heterocycles. The first-order valence-corrected chi connectivity index (χ1v) is 12.6. The van der Waals surface area contributed by atoms with E-state index in [1.54, 1.807) is 18.3 Å². The van der Waals surface area contributed by atoms with Gasteiger partial charge in [-0.2, -0.15) is 0 Å². The van der Waals surface area contributed by atoms with Crippen LogP contribution >= 0.6 is 12.2 Å². The third-order valence-electron chi connectivity index (χ3n) is 6.48. The van der Waals surface area contributed by atoms with Gasteiger partial charge in [0.05, 0.1) is 30.5 Å². The van der Waals surface area contributed by atoms with Crippen molar-refractivity contribution < 1.29 is 14.3 Å². The van der Waals surface area contributed by atoms with Crippen molar-refractivity contribution in [1.29, 1.82) is 0 Å². The monoisotopic (exact) mass is 525 g/mol. The van der Waals surface area contributed by atoms with E-state index in [-0.39, 0.29) is 30.4 Å². The van der Waals surface area contributed by atoms with Crippen molar-refractivity contribution in [3.63, 3.8) is 0 Å². The van der Waals surface area contributed by atoms with E-state index in [1.165, 1.54) is 7.11 Å². The smallest absolute Gasteiger partial charge is 0.337 e. The number of anilines is 1. The molecule has 9 heteroatoms. The summed E-state index contributed by atoms with van der Waals surface area (Å²) in [5.41, 5.74) is 3.95. The van der Waals surface area contributed by atoms with Crippen LogP contribution in [0.3, 0.4) is 0 Å². The molecular weight excluding hydrogens is 498 g/mol. The van der Waals surface area contributed by atoms with Crippen molar-refractivity contribution in [3.05, 3.63) is 114 Å². The topological polar surface area (TPSA) is 88.5 Å². The molecule has 5 rings (SSSR count). The minimum atomic E-state index is -0.384. The van der Waals surface area contributed by atoms with Gasteiger partial charge in [0.2, 0.25) is 5.91 Å². The SMILES string of the molecule is COC(=O)c1ccc(-n2cccc2[C@@H]2[C@@H](c3ccccn3)NC(=S)N2CCC(=O)Nc2ccccc2)cc1. The zero-order valence-electron chi connectivity index (χ0n) is 20.8. The number of benzene rings is 2. The molecule has 0 aliphatic carbocycles. The molecule has 4 aromatic rings. The van der Waals surface area contributed by atoms with Gasteiger partial charge in [-0.25, -0.2) is 4.79 Å². The van der Waals surface area contributed by atoms with Gasteiger partial charge in [-0.3, -0.25) is 9.78 Å². The third-order valence-corrected chi connectivity index (χ3v) is 6.84. The predicted octanol–water partition coefficient (Wildman–Crippen LogP) is 4.66. The molecule has 8 nitrogen and oxygen atoms in total. The molecule has 1 aliphatic heterocycles. The standard InChI is InChI=1S/C29H27N5O3S/c1-37-28(36)20-12-14-22(15-13-20)33-18-7-11-24(33)27-26(23-10-5-6-17-30-23)32-29(38)34(27)19-16-25(35)31-21-8-3-2-4-9-21/h2-15,17-18,26-27H,16,19H2,1H3,(H,31,35)(H,32,38)/t26-,27-/m1/s1. The van der Waals surface area contributed by atoms with Crippen LogP contribution in [0.15, 0.2) is 97.3 Å². The zero-order chi connectivity index (χ0) is 26.5. The molecule has 2 N–H and O–H groups in total. The summed E-state index contributed by atoms with van der Waals surface area (Å²) in [6, 6.07) is 26.0. The minimum Gasteiger partial charge on any atom is -0.465 e. The Kier molecular flexibility index (Phi) is 7.46. The number of aromatic nitrogens is 2. The normalized spacial score (nSPS) is 16.7. The molecule has 0 radical (unpaired) electrons. The van der Waals surface area contributed by atoms with Crippen LogP contribution in [0.4, 0.5) is 5.69 Å². The molecule has 2 aromatic carbocycles. The fourth-order valence-electron chi connectivity index (χ4n) is 4.68. The number of hydrogen-bond donors (Lipinski definition) is 2. The zero-order valence-corrected chi connectivity index (χ0v) is 21.6. The highest BCUT2D eigenvalue weighted by atomic mass is 32.1. The number of nitrogens with zero attached hydrogens (tertiary/aromatic N) is 3. The molecule has 0 bridgehead atoms. The maximum absolute atomic E-state index is 12.8. The quantitative estimate of drug-likeness (QED) is 0.256. The van der Waals surface area contributed by atoms with Crippen LogP contribution in [0, 0.1) is 0 Å². The van der Waals surface area contributed by atoms with Crippen LogP contribution < -0.4 is 10.6 Å². The highest BCUT2D eigenvalue weighted by Crippen LogP contribution is 2.39. The highest BCUT2D eigenvalue weighted by Gasteiger charge is 2.41. The van der Waals surface area contributed by atoms with E-state index in [4.69, 9.17) is 17.0 Å². The lowest BCUT2D eigenvalue weighted by atomic mass is 10.0. The Hall–Kier alpha value is -4.50. The van der Waals surface area contributed by atoms with Crippen LogP contribution in [0.25, 0.3) is 5.69 Å². The fourth-order valence-corrected chi connectivity index (χ4v) is 5.01. The lowest BCUT2D eigenvalue weighted by molar-refractivity contribution is -0.116. The summed E-state index contributed by atoms with van der Waals surface area (Å²) in [6.07, 6.45) is 3.99. The van der Waals surface area contributed by atoms with E-state index >= 15 is 0 Å². The number of ether oxygens (including phenoxy) is 1. The number of hydrogen-bond acceptors (Lipinski definition) is 5. The Balaban J connectivity index is 1.44. The van der Waals surface area contributed by atoms with Crippen LogP contribution in [0.1, 0.15) is 40.3 Å². The molecule has 2 aromatic heterocycles. The van der Waals surface area contributed by atoms with Crippen molar-refractivity contribution in [2.45, 2.75) is 18.5 Å². The molecule has 1 amide bonds. The van der Waals surface area contributed by atoms with Gasteiger partial charge in [-0.1, -0.05) is 24.3 Å². The van der Waals surface area contributed by atoms with Gasteiger partial charge in [0.1, 0.15) is 0 Å². The molecule has 0 spiro atoms. The van der Waals surface area contributed by atoms with Gasteiger partial charge in [0.15, 0.2) is 5.11 Å². The summed E-state index contributed by atoms with van der Waals surface area (Å²) in [6.45, 7) is 0.422. The Morgan fingerprint density at radius 3 is 2.47 bits per heavy atom. The summed E-state index contributed by atoms with van der Waals surface area (Å²) < 4.78 is 6.89. The van der Waals surface area contributed by atoms with Crippen LogP contribution in [0.2, 0.25) is 0 Å². The second-order valence-corrected chi connectivity index (χ2v) is 9.21. The number of nitrogens with one attached hydrogen (secondary N) is 2. The van der Waals surface area contributed by atoms with Crippen molar-refractivity contribution in [2.75, 3.05) is 19.0 Å². The fraction of sp³-hybridized carbons (Fsp3) is 0.172. The molecule has 0 saturated carbocycles. The Labute approximate surface area is 226 Å².